The van der Waals surface area contributed by atoms with Crippen LogP contribution in [0, 0.1) is 12.8 Å². The van der Waals surface area contributed by atoms with Gasteiger partial charge in [-0.15, -0.1) is 35.3 Å². The molecule has 138 valence electrons. The van der Waals surface area contributed by atoms with Crippen molar-refractivity contribution in [3.63, 3.8) is 0 Å². The number of nitrogens with one attached hydrogen (secondary N) is 2. The molecule has 1 aromatic heterocycles. The Morgan fingerprint density at radius 1 is 1.38 bits per heavy atom. The molecule has 0 bridgehead atoms. The molecule has 7 heteroatoms. The lowest BCUT2D eigenvalue weighted by atomic mass is 9.99. The molecule has 0 atom stereocenters. The summed E-state index contributed by atoms with van der Waals surface area (Å²) in [5.74, 6) is 1.80. The van der Waals surface area contributed by atoms with Crippen LogP contribution in [0.2, 0.25) is 0 Å². The van der Waals surface area contributed by atoms with E-state index in [1.54, 1.807) is 11.3 Å². The number of hydrogen-bond acceptors (Lipinski definition) is 4. The zero-order valence-electron chi connectivity index (χ0n) is 15.2. The highest BCUT2D eigenvalue weighted by Gasteiger charge is 2.14. The molecule has 0 aliphatic carbocycles. The predicted octanol–water partition coefficient (Wildman–Crippen LogP) is 3.25. The fourth-order valence-electron chi connectivity index (χ4n) is 2.76. The summed E-state index contributed by atoms with van der Waals surface area (Å²) in [5.41, 5.74) is 0. The van der Waals surface area contributed by atoms with Crippen molar-refractivity contribution >= 4 is 41.3 Å². The number of aliphatic imine (C=N–C) groups is 1. The van der Waals surface area contributed by atoms with Crippen molar-refractivity contribution in [3.05, 3.63) is 16.1 Å². The standard InChI is InChI=1S/C17H31N5S.HI/c1-4-18-17(21-13-16-20-12-15(3)23-16)19-8-5-9-22-10-6-14(2)7-11-22;/h12,14H,4-11,13H2,1-3H3,(H2,18,19,21);1H. The molecule has 2 N–H and O–H groups in total. The van der Waals surface area contributed by atoms with E-state index in [9.17, 15) is 0 Å². The minimum atomic E-state index is 0. The molecular formula is C17H32IN5S. The van der Waals surface area contributed by atoms with Crippen LogP contribution in [0.15, 0.2) is 11.2 Å². The molecule has 0 amide bonds. The van der Waals surface area contributed by atoms with Gasteiger partial charge in [0.05, 0.1) is 6.54 Å². The minimum absolute atomic E-state index is 0. The summed E-state index contributed by atoms with van der Waals surface area (Å²) < 4.78 is 0. The highest BCUT2D eigenvalue weighted by molar-refractivity contribution is 14.0. The summed E-state index contributed by atoms with van der Waals surface area (Å²) in [5, 5.41) is 7.81. The molecule has 1 aliphatic rings. The van der Waals surface area contributed by atoms with Crippen LogP contribution >= 0.6 is 35.3 Å². The first-order chi connectivity index (χ1) is 11.2. The van der Waals surface area contributed by atoms with Crippen molar-refractivity contribution < 1.29 is 0 Å². The quantitative estimate of drug-likeness (QED) is 0.281. The summed E-state index contributed by atoms with van der Waals surface area (Å²) in [6, 6.07) is 0. The summed E-state index contributed by atoms with van der Waals surface area (Å²) in [6.07, 6.45) is 5.78. The Bertz CT molecular complexity index is 483. The molecule has 5 nitrogen and oxygen atoms in total. The fourth-order valence-corrected chi connectivity index (χ4v) is 3.47. The second kappa shape index (κ2) is 12.0. The van der Waals surface area contributed by atoms with E-state index in [1.807, 2.05) is 6.20 Å². The molecule has 0 saturated carbocycles. The Kier molecular flexibility index (Phi) is 10.8. The van der Waals surface area contributed by atoms with Crippen LogP contribution in [0.1, 0.15) is 43.0 Å². The number of guanidine groups is 1. The third-order valence-electron chi connectivity index (χ3n) is 4.21. The van der Waals surface area contributed by atoms with Gasteiger partial charge in [-0.25, -0.2) is 9.98 Å². The van der Waals surface area contributed by atoms with Crippen LogP contribution in [0.25, 0.3) is 0 Å². The van der Waals surface area contributed by atoms with E-state index in [0.717, 1.165) is 36.4 Å². The summed E-state index contributed by atoms with van der Waals surface area (Å²) in [4.78, 5) is 12.8. The molecule has 1 aliphatic heterocycles. The Hall–Kier alpha value is -0.410. The van der Waals surface area contributed by atoms with Gasteiger partial charge in [-0.2, -0.15) is 0 Å². The van der Waals surface area contributed by atoms with Gasteiger partial charge in [0.2, 0.25) is 0 Å². The van der Waals surface area contributed by atoms with Crippen LogP contribution in [0.5, 0.6) is 0 Å². The summed E-state index contributed by atoms with van der Waals surface area (Å²) >= 11 is 1.71. The first kappa shape index (κ1) is 21.6. The zero-order valence-corrected chi connectivity index (χ0v) is 18.3. The molecular weight excluding hydrogens is 433 g/mol. The fraction of sp³-hybridized carbons (Fsp3) is 0.765. The minimum Gasteiger partial charge on any atom is -0.357 e. The highest BCUT2D eigenvalue weighted by Crippen LogP contribution is 2.15. The van der Waals surface area contributed by atoms with Crippen LogP contribution in [-0.4, -0.2) is 48.6 Å². The maximum atomic E-state index is 4.62. The second-order valence-electron chi connectivity index (χ2n) is 6.36. The Morgan fingerprint density at radius 3 is 2.75 bits per heavy atom. The molecule has 24 heavy (non-hydrogen) atoms. The van der Waals surface area contributed by atoms with Crippen LogP contribution < -0.4 is 10.6 Å². The lowest BCUT2D eigenvalue weighted by Gasteiger charge is -2.30. The topological polar surface area (TPSA) is 52.6 Å². The Morgan fingerprint density at radius 2 is 2.12 bits per heavy atom. The van der Waals surface area contributed by atoms with E-state index in [0.29, 0.717) is 6.54 Å². The van der Waals surface area contributed by atoms with E-state index < -0.39 is 0 Å². The summed E-state index contributed by atoms with van der Waals surface area (Å²) in [7, 11) is 0. The smallest absolute Gasteiger partial charge is 0.191 e. The molecule has 0 spiro atoms. The average molecular weight is 465 g/mol. The first-order valence-corrected chi connectivity index (χ1v) is 9.65. The molecule has 1 fully saturated rings. The van der Waals surface area contributed by atoms with Gasteiger partial charge >= 0.3 is 0 Å². The molecule has 0 aromatic carbocycles. The number of likely N-dealkylation sites (tertiary alicyclic amines) is 1. The highest BCUT2D eigenvalue weighted by atomic mass is 127. The largest absolute Gasteiger partial charge is 0.357 e. The Labute approximate surface area is 167 Å². The number of nitrogens with zero attached hydrogens (tertiary/aromatic N) is 3. The zero-order chi connectivity index (χ0) is 16.5. The molecule has 0 radical (unpaired) electrons. The molecule has 1 saturated heterocycles. The molecule has 0 unspecified atom stereocenters. The van der Waals surface area contributed by atoms with Gasteiger partial charge in [-0.05, 0) is 58.7 Å². The number of halogens is 1. The van der Waals surface area contributed by atoms with Gasteiger partial charge in [0.25, 0.3) is 0 Å². The van der Waals surface area contributed by atoms with Gasteiger partial charge in [0.1, 0.15) is 5.01 Å². The van der Waals surface area contributed by atoms with Crippen molar-refractivity contribution in [2.24, 2.45) is 10.9 Å². The van der Waals surface area contributed by atoms with Crippen molar-refractivity contribution in [3.8, 4) is 0 Å². The second-order valence-corrected chi connectivity index (χ2v) is 7.68. The molecule has 2 heterocycles. The van der Waals surface area contributed by atoms with E-state index in [1.165, 1.54) is 37.4 Å². The van der Waals surface area contributed by atoms with E-state index in [4.69, 9.17) is 0 Å². The normalized spacial score (nSPS) is 16.7. The number of rotatable bonds is 7. The van der Waals surface area contributed by atoms with Crippen LogP contribution in [0.3, 0.4) is 0 Å². The molecule has 2 rings (SSSR count). The van der Waals surface area contributed by atoms with Crippen molar-refractivity contribution in [1.29, 1.82) is 0 Å². The van der Waals surface area contributed by atoms with E-state index >= 15 is 0 Å². The lowest BCUT2D eigenvalue weighted by molar-refractivity contribution is 0.191. The van der Waals surface area contributed by atoms with Gasteiger partial charge in [0.15, 0.2) is 5.96 Å². The average Bonchev–Trinajstić information content (AvgIpc) is 2.96. The number of hydrogen-bond donors (Lipinski definition) is 2. The van der Waals surface area contributed by atoms with Crippen molar-refractivity contribution in [2.75, 3.05) is 32.7 Å². The number of piperidine rings is 1. The van der Waals surface area contributed by atoms with Crippen LogP contribution in [0.4, 0.5) is 0 Å². The first-order valence-electron chi connectivity index (χ1n) is 8.83. The maximum Gasteiger partial charge on any atom is 0.191 e. The third kappa shape index (κ3) is 8.11. The predicted molar refractivity (Wildman–Crippen MR) is 115 cm³/mol. The number of thiazole rings is 1. The van der Waals surface area contributed by atoms with Crippen molar-refractivity contribution in [2.45, 2.75) is 46.6 Å². The third-order valence-corrected chi connectivity index (χ3v) is 5.10. The van der Waals surface area contributed by atoms with Crippen molar-refractivity contribution in [1.82, 2.24) is 20.5 Å². The van der Waals surface area contributed by atoms with E-state index in [-0.39, 0.29) is 24.0 Å². The van der Waals surface area contributed by atoms with Crippen LogP contribution in [-0.2, 0) is 6.54 Å². The maximum absolute atomic E-state index is 4.62. The van der Waals surface area contributed by atoms with Gasteiger partial charge < -0.3 is 15.5 Å². The van der Waals surface area contributed by atoms with Gasteiger partial charge in [-0.3, -0.25) is 0 Å². The number of aromatic nitrogens is 1. The monoisotopic (exact) mass is 465 g/mol. The SMILES string of the molecule is CCNC(=NCc1ncc(C)s1)NCCCN1CCC(C)CC1.I. The lowest BCUT2D eigenvalue weighted by Crippen LogP contribution is -2.39. The van der Waals surface area contributed by atoms with E-state index in [2.05, 4.69) is 46.3 Å². The Balaban J connectivity index is 0.00000288. The number of aryl methyl sites for hydroxylation is 1. The van der Waals surface area contributed by atoms with Gasteiger partial charge in [-0.1, -0.05) is 6.92 Å². The summed E-state index contributed by atoms with van der Waals surface area (Å²) in [6.45, 7) is 12.7. The molecule has 1 aromatic rings. The van der Waals surface area contributed by atoms with Gasteiger partial charge in [0, 0.05) is 24.2 Å².